The van der Waals surface area contributed by atoms with Gasteiger partial charge in [-0.25, -0.2) is 0 Å². The van der Waals surface area contributed by atoms with Crippen LogP contribution >= 0.6 is 22.6 Å². The van der Waals surface area contributed by atoms with E-state index < -0.39 is 0 Å². The van der Waals surface area contributed by atoms with Crippen LogP contribution in [-0.4, -0.2) is 36.1 Å². The summed E-state index contributed by atoms with van der Waals surface area (Å²) < 4.78 is 24.8. The van der Waals surface area contributed by atoms with Gasteiger partial charge in [-0.05, 0) is 11.1 Å². The molecule has 0 aliphatic carbocycles. The molecule has 140 valence electrons. The molecule has 2 aromatic carbocycles. The molecule has 1 aliphatic rings. The van der Waals surface area contributed by atoms with Crippen LogP contribution in [0.2, 0.25) is 0 Å². The lowest BCUT2D eigenvalue weighted by atomic mass is 10.0. The zero-order valence-corrected chi connectivity index (χ0v) is 17.1. The summed E-state index contributed by atoms with van der Waals surface area (Å²) in [5.74, 6) is 0. The molecule has 0 spiro atoms. The Balaban J connectivity index is 1.67. The molecular weight excluding hydrogens is 443 g/mol. The molecule has 1 aliphatic heterocycles. The Bertz CT molecular complexity index is 637. The van der Waals surface area contributed by atoms with Crippen LogP contribution in [0, 0.1) is 0 Å². The van der Waals surface area contributed by atoms with E-state index in [1.165, 1.54) is 0 Å². The number of halogens is 1. The highest BCUT2D eigenvalue weighted by atomic mass is 127. The van der Waals surface area contributed by atoms with Gasteiger partial charge in [0.2, 0.25) is 0 Å². The van der Waals surface area contributed by atoms with Gasteiger partial charge in [0.05, 0.1) is 25.4 Å². The number of methoxy groups -OCH3 is 1. The van der Waals surface area contributed by atoms with E-state index in [4.69, 9.17) is 18.9 Å². The molecule has 1 heterocycles. The summed E-state index contributed by atoms with van der Waals surface area (Å²) in [4.78, 5) is 0. The van der Waals surface area contributed by atoms with Crippen LogP contribution in [-0.2, 0) is 32.2 Å². The van der Waals surface area contributed by atoms with Crippen molar-refractivity contribution in [2.24, 2.45) is 0 Å². The van der Waals surface area contributed by atoms with Crippen molar-refractivity contribution in [3.63, 3.8) is 0 Å². The normalized spacial score (nSPS) is 25.9. The van der Waals surface area contributed by atoms with Crippen molar-refractivity contribution in [1.82, 2.24) is 0 Å². The fourth-order valence-electron chi connectivity index (χ4n) is 3.09. The molecule has 3 rings (SSSR count). The molecule has 0 aromatic heterocycles. The standard InChI is InChI=1S/C21H25IO4/c1-23-20-12-18(24-14-16-8-4-2-5-9-16)21(19(13-22)26-20)25-15-17-10-6-3-7-11-17/h2-11,18-21H,12-15H2,1H3/t18-,19-,20?,21+/m1/s1. The van der Waals surface area contributed by atoms with E-state index in [9.17, 15) is 0 Å². The van der Waals surface area contributed by atoms with Gasteiger partial charge in [0.15, 0.2) is 6.29 Å². The maximum Gasteiger partial charge on any atom is 0.160 e. The van der Waals surface area contributed by atoms with Gasteiger partial charge in [0.1, 0.15) is 6.10 Å². The second kappa shape index (κ2) is 10.4. The third kappa shape index (κ3) is 5.50. The van der Waals surface area contributed by atoms with Gasteiger partial charge in [0.25, 0.3) is 0 Å². The summed E-state index contributed by atoms with van der Waals surface area (Å²) >= 11 is 2.34. The van der Waals surface area contributed by atoms with Gasteiger partial charge in [-0.3, -0.25) is 0 Å². The molecule has 4 atom stereocenters. The zero-order valence-electron chi connectivity index (χ0n) is 14.9. The largest absolute Gasteiger partial charge is 0.371 e. The van der Waals surface area contributed by atoms with E-state index in [2.05, 4.69) is 46.9 Å². The first-order chi connectivity index (χ1) is 12.8. The summed E-state index contributed by atoms with van der Waals surface area (Å²) in [5, 5.41) is 0. The Morgan fingerprint density at radius 1 is 0.923 bits per heavy atom. The van der Waals surface area contributed by atoms with E-state index in [-0.39, 0.29) is 24.6 Å². The maximum atomic E-state index is 6.26. The monoisotopic (exact) mass is 468 g/mol. The lowest BCUT2D eigenvalue weighted by Gasteiger charge is -2.40. The molecule has 0 radical (unpaired) electrons. The summed E-state index contributed by atoms with van der Waals surface area (Å²) in [6, 6.07) is 20.4. The second-order valence-corrected chi connectivity index (χ2v) is 7.21. The van der Waals surface area contributed by atoms with Crippen molar-refractivity contribution < 1.29 is 18.9 Å². The van der Waals surface area contributed by atoms with Crippen LogP contribution in [0.15, 0.2) is 60.7 Å². The second-order valence-electron chi connectivity index (χ2n) is 6.33. The fourth-order valence-corrected chi connectivity index (χ4v) is 3.80. The van der Waals surface area contributed by atoms with Crippen LogP contribution in [0.25, 0.3) is 0 Å². The van der Waals surface area contributed by atoms with E-state index in [1.54, 1.807) is 7.11 Å². The molecule has 0 bridgehead atoms. The third-order valence-corrected chi connectivity index (χ3v) is 5.36. The van der Waals surface area contributed by atoms with E-state index >= 15 is 0 Å². The van der Waals surface area contributed by atoms with Crippen molar-refractivity contribution in [3.8, 4) is 0 Å². The molecule has 1 saturated heterocycles. The number of rotatable bonds is 8. The number of alkyl halides is 1. The predicted octanol–water partition coefficient (Wildman–Crippen LogP) is 4.35. The number of hydrogen-bond donors (Lipinski definition) is 0. The van der Waals surface area contributed by atoms with Gasteiger partial charge in [-0.15, -0.1) is 0 Å². The predicted molar refractivity (Wildman–Crippen MR) is 109 cm³/mol. The first kappa shape index (κ1) is 19.8. The smallest absolute Gasteiger partial charge is 0.160 e. The molecule has 5 heteroatoms. The lowest BCUT2D eigenvalue weighted by Crippen LogP contribution is -2.51. The zero-order chi connectivity index (χ0) is 18.2. The molecule has 4 nitrogen and oxygen atoms in total. The van der Waals surface area contributed by atoms with Crippen molar-refractivity contribution in [1.29, 1.82) is 0 Å². The van der Waals surface area contributed by atoms with Crippen molar-refractivity contribution >= 4 is 22.6 Å². The SMILES string of the molecule is COC1C[C@@H](OCc2ccccc2)[C@H](OCc2ccccc2)[C@@H](CI)O1. The van der Waals surface area contributed by atoms with Crippen LogP contribution in [0.4, 0.5) is 0 Å². The van der Waals surface area contributed by atoms with Crippen LogP contribution in [0.3, 0.4) is 0 Å². The van der Waals surface area contributed by atoms with Crippen molar-refractivity contribution in [2.75, 3.05) is 11.5 Å². The highest BCUT2D eigenvalue weighted by Gasteiger charge is 2.40. The van der Waals surface area contributed by atoms with Gasteiger partial charge in [-0.2, -0.15) is 0 Å². The average molecular weight is 468 g/mol. The molecule has 1 fully saturated rings. The molecular formula is C21H25IO4. The Labute approximate surface area is 168 Å². The Morgan fingerprint density at radius 2 is 1.50 bits per heavy atom. The minimum absolute atomic E-state index is 0.0567. The highest BCUT2D eigenvalue weighted by molar-refractivity contribution is 14.1. The average Bonchev–Trinajstić information content (AvgIpc) is 2.72. The summed E-state index contributed by atoms with van der Waals surface area (Å²) in [6.07, 6.45) is 0.154. The Kier molecular flexibility index (Phi) is 7.88. The van der Waals surface area contributed by atoms with Crippen molar-refractivity contribution in [2.45, 2.75) is 44.2 Å². The molecule has 0 N–H and O–H groups in total. The minimum atomic E-state index is -0.257. The highest BCUT2D eigenvalue weighted by Crippen LogP contribution is 2.28. The first-order valence-corrected chi connectivity index (χ1v) is 10.4. The minimum Gasteiger partial charge on any atom is -0.371 e. The summed E-state index contributed by atoms with van der Waals surface area (Å²) in [7, 11) is 1.67. The summed E-state index contributed by atoms with van der Waals surface area (Å²) in [6.45, 7) is 1.10. The number of hydrogen-bond acceptors (Lipinski definition) is 4. The van der Waals surface area contributed by atoms with E-state index in [0.29, 0.717) is 19.6 Å². The first-order valence-electron chi connectivity index (χ1n) is 8.85. The van der Waals surface area contributed by atoms with Crippen LogP contribution in [0.5, 0.6) is 0 Å². The third-order valence-electron chi connectivity index (χ3n) is 4.49. The lowest BCUT2D eigenvalue weighted by molar-refractivity contribution is -0.257. The maximum absolute atomic E-state index is 6.26. The Morgan fingerprint density at radius 3 is 2.04 bits per heavy atom. The van der Waals surface area contributed by atoms with Crippen LogP contribution < -0.4 is 0 Å². The quantitative estimate of drug-likeness (QED) is 0.427. The van der Waals surface area contributed by atoms with Crippen molar-refractivity contribution in [3.05, 3.63) is 71.8 Å². The van der Waals surface area contributed by atoms with E-state index in [1.807, 2.05) is 36.4 Å². The molecule has 26 heavy (non-hydrogen) atoms. The molecule has 2 aromatic rings. The molecule has 0 saturated carbocycles. The van der Waals surface area contributed by atoms with Gasteiger partial charge >= 0.3 is 0 Å². The van der Waals surface area contributed by atoms with Crippen LogP contribution in [0.1, 0.15) is 17.5 Å². The molecule has 0 amide bonds. The fraction of sp³-hybridized carbons (Fsp3) is 0.429. The number of ether oxygens (including phenoxy) is 4. The molecule has 1 unspecified atom stereocenters. The van der Waals surface area contributed by atoms with E-state index in [0.717, 1.165) is 15.6 Å². The topological polar surface area (TPSA) is 36.9 Å². The number of benzene rings is 2. The van der Waals surface area contributed by atoms with Gasteiger partial charge < -0.3 is 18.9 Å². The summed E-state index contributed by atoms with van der Waals surface area (Å²) in [5.41, 5.74) is 2.30. The van der Waals surface area contributed by atoms with Gasteiger partial charge in [0, 0.05) is 18.0 Å². The Hall–Kier alpha value is -0.990. The van der Waals surface area contributed by atoms with Gasteiger partial charge in [-0.1, -0.05) is 83.3 Å².